The average molecular weight is 247 g/mol. The summed E-state index contributed by atoms with van der Waals surface area (Å²) in [4.78, 5) is 16.0. The summed E-state index contributed by atoms with van der Waals surface area (Å²) in [5, 5.41) is 0. The van der Waals surface area contributed by atoms with Gasteiger partial charge in [0.05, 0.1) is 5.56 Å². The van der Waals surface area contributed by atoms with Crippen molar-refractivity contribution < 1.29 is 13.6 Å². The number of ketones is 1. The Kier molecular flexibility index (Phi) is 3.19. The molecule has 0 amide bonds. The molecule has 2 aromatic rings. The Labute approximate surface area is 103 Å². The fourth-order valence-electron chi connectivity index (χ4n) is 1.73. The molecule has 0 bridgehead atoms. The molecule has 92 valence electrons. The third-order valence-corrected chi connectivity index (χ3v) is 2.78. The number of pyridine rings is 1. The van der Waals surface area contributed by atoms with Gasteiger partial charge in [-0.25, -0.2) is 8.78 Å². The molecule has 1 heterocycles. The second-order valence-electron chi connectivity index (χ2n) is 4.07. The predicted molar refractivity (Wildman–Crippen MR) is 63.5 cm³/mol. The van der Waals surface area contributed by atoms with Crippen molar-refractivity contribution in [2.75, 3.05) is 0 Å². The SMILES string of the molecule is Cc1cnccc1C(=O)c1c(F)ccc(C)c1F. The van der Waals surface area contributed by atoms with Gasteiger partial charge in [0.15, 0.2) is 5.78 Å². The molecule has 2 rings (SSSR count). The van der Waals surface area contributed by atoms with Gasteiger partial charge in [0, 0.05) is 18.0 Å². The molecule has 0 unspecified atom stereocenters. The summed E-state index contributed by atoms with van der Waals surface area (Å²) in [5.41, 5.74) is 0.576. The standard InChI is InChI=1S/C14H11F2NO/c1-8-3-4-11(15)12(13(8)16)14(18)10-5-6-17-7-9(10)2/h3-7H,1-2H3. The minimum atomic E-state index is -0.848. The van der Waals surface area contributed by atoms with Crippen LogP contribution in [0.4, 0.5) is 8.78 Å². The van der Waals surface area contributed by atoms with E-state index in [-0.39, 0.29) is 11.1 Å². The van der Waals surface area contributed by atoms with Crippen molar-refractivity contribution in [1.29, 1.82) is 0 Å². The number of carbonyl (C=O) groups excluding carboxylic acids is 1. The summed E-state index contributed by atoms with van der Waals surface area (Å²) >= 11 is 0. The number of nitrogens with zero attached hydrogens (tertiary/aromatic N) is 1. The van der Waals surface area contributed by atoms with Gasteiger partial charge in [-0.1, -0.05) is 6.07 Å². The Morgan fingerprint density at radius 1 is 1.11 bits per heavy atom. The molecular weight excluding hydrogens is 236 g/mol. The molecule has 0 atom stereocenters. The summed E-state index contributed by atoms with van der Waals surface area (Å²) in [6.45, 7) is 3.16. The Bertz CT molecular complexity index is 623. The lowest BCUT2D eigenvalue weighted by molar-refractivity contribution is 0.103. The van der Waals surface area contributed by atoms with Crippen LogP contribution in [0.15, 0.2) is 30.6 Å². The van der Waals surface area contributed by atoms with E-state index in [2.05, 4.69) is 4.98 Å². The third-order valence-electron chi connectivity index (χ3n) is 2.78. The lowest BCUT2D eigenvalue weighted by Gasteiger charge is -2.08. The van der Waals surface area contributed by atoms with E-state index in [1.807, 2.05) is 0 Å². The molecule has 1 aromatic carbocycles. The van der Waals surface area contributed by atoms with Crippen LogP contribution in [0.3, 0.4) is 0 Å². The van der Waals surface area contributed by atoms with Crippen LogP contribution in [0, 0.1) is 25.5 Å². The highest BCUT2D eigenvalue weighted by molar-refractivity contribution is 6.10. The first-order valence-corrected chi connectivity index (χ1v) is 5.42. The zero-order chi connectivity index (χ0) is 13.3. The molecule has 2 nitrogen and oxygen atoms in total. The Hall–Kier alpha value is -2.10. The second-order valence-corrected chi connectivity index (χ2v) is 4.07. The van der Waals surface area contributed by atoms with E-state index in [4.69, 9.17) is 0 Å². The van der Waals surface area contributed by atoms with E-state index in [9.17, 15) is 13.6 Å². The van der Waals surface area contributed by atoms with Crippen LogP contribution in [0.2, 0.25) is 0 Å². The number of hydrogen-bond acceptors (Lipinski definition) is 2. The summed E-state index contributed by atoms with van der Waals surface area (Å²) in [6, 6.07) is 3.86. The van der Waals surface area contributed by atoms with Gasteiger partial charge in [-0.15, -0.1) is 0 Å². The van der Waals surface area contributed by atoms with Gasteiger partial charge in [0.25, 0.3) is 0 Å². The molecule has 0 fully saturated rings. The highest BCUT2D eigenvalue weighted by Gasteiger charge is 2.21. The summed E-state index contributed by atoms with van der Waals surface area (Å²) in [5.74, 6) is -2.32. The van der Waals surface area contributed by atoms with Crippen LogP contribution in [-0.2, 0) is 0 Å². The van der Waals surface area contributed by atoms with Crippen LogP contribution < -0.4 is 0 Å². The van der Waals surface area contributed by atoms with Crippen molar-refractivity contribution in [1.82, 2.24) is 4.98 Å². The number of benzene rings is 1. The van der Waals surface area contributed by atoms with E-state index in [1.54, 1.807) is 6.92 Å². The van der Waals surface area contributed by atoms with Crippen molar-refractivity contribution in [3.63, 3.8) is 0 Å². The Morgan fingerprint density at radius 3 is 2.50 bits per heavy atom. The first kappa shape index (κ1) is 12.4. The second kappa shape index (κ2) is 4.64. The third kappa shape index (κ3) is 2.01. The molecule has 0 saturated carbocycles. The van der Waals surface area contributed by atoms with Crippen LogP contribution in [0.25, 0.3) is 0 Å². The number of carbonyl (C=O) groups is 1. The maximum absolute atomic E-state index is 13.9. The van der Waals surface area contributed by atoms with Crippen molar-refractivity contribution in [2.24, 2.45) is 0 Å². The minimum Gasteiger partial charge on any atom is -0.288 e. The summed E-state index contributed by atoms with van der Waals surface area (Å²) < 4.78 is 27.5. The molecule has 0 saturated heterocycles. The van der Waals surface area contributed by atoms with Crippen LogP contribution >= 0.6 is 0 Å². The largest absolute Gasteiger partial charge is 0.288 e. The van der Waals surface area contributed by atoms with Gasteiger partial charge in [0.1, 0.15) is 11.6 Å². The highest BCUT2D eigenvalue weighted by atomic mass is 19.1. The van der Waals surface area contributed by atoms with Gasteiger partial charge < -0.3 is 0 Å². The van der Waals surface area contributed by atoms with Crippen molar-refractivity contribution in [2.45, 2.75) is 13.8 Å². The van der Waals surface area contributed by atoms with E-state index in [1.165, 1.54) is 31.5 Å². The van der Waals surface area contributed by atoms with Crippen LogP contribution in [0.1, 0.15) is 27.0 Å². The van der Waals surface area contributed by atoms with Gasteiger partial charge in [-0.2, -0.15) is 0 Å². The maximum atomic E-state index is 13.9. The molecular formula is C14H11F2NO. The molecule has 0 N–H and O–H groups in total. The number of aryl methyl sites for hydroxylation is 2. The fraction of sp³-hybridized carbons (Fsp3) is 0.143. The molecule has 0 aliphatic rings. The van der Waals surface area contributed by atoms with E-state index >= 15 is 0 Å². The van der Waals surface area contributed by atoms with Crippen LogP contribution in [-0.4, -0.2) is 10.8 Å². The Morgan fingerprint density at radius 2 is 1.83 bits per heavy atom. The first-order valence-electron chi connectivity index (χ1n) is 5.42. The summed E-state index contributed by atoms with van der Waals surface area (Å²) in [6.07, 6.45) is 2.91. The normalized spacial score (nSPS) is 10.4. The molecule has 1 aromatic heterocycles. The first-order chi connectivity index (χ1) is 8.52. The summed E-state index contributed by atoms with van der Waals surface area (Å²) in [7, 11) is 0. The Balaban J connectivity index is 2.61. The predicted octanol–water partition coefficient (Wildman–Crippen LogP) is 3.21. The van der Waals surface area contributed by atoms with Gasteiger partial charge >= 0.3 is 0 Å². The van der Waals surface area contributed by atoms with Crippen molar-refractivity contribution >= 4 is 5.78 Å². The molecule has 0 aliphatic heterocycles. The molecule has 0 spiro atoms. The maximum Gasteiger partial charge on any atom is 0.199 e. The molecule has 0 aliphatic carbocycles. The quantitative estimate of drug-likeness (QED) is 0.763. The van der Waals surface area contributed by atoms with E-state index in [0.29, 0.717) is 5.56 Å². The zero-order valence-electron chi connectivity index (χ0n) is 10.00. The van der Waals surface area contributed by atoms with Gasteiger partial charge in [-0.3, -0.25) is 9.78 Å². The average Bonchev–Trinajstić information content (AvgIpc) is 2.35. The fourth-order valence-corrected chi connectivity index (χ4v) is 1.73. The van der Waals surface area contributed by atoms with E-state index < -0.39 is 23.0 Å². The van der Waals surface area contributed by atoms with Crippen molar-refractivity contribution in [3.8, 4) is 0 Å². The van der Waals surface area contributed by atoms with E-state index in [0.717, 1.165) is 6.07 Å². The monoisotopic (exact) mass is 247 g/mol. The minimum absolute atomic E-state index is 0.242. The molecule has 4 heteroatoms. The van der Waals surface area contributed by atoms with Crippen molar-refractivity contribution in [3.05, 3.63) is 64.5 Å². The smallest absolute Gasteiger partial charge is 0.199 e. The number of hydrogen-bond donors (Lipinski definition) is 0. The lowest BCUT2D eigenvalue weighted by atomic mass is 9.98. The molecule has 0 radical (unpaired) electrons. The number of aromatic nitrogens is 1. The lowest BCUT2D eigenvalue weighted by Crippen LogP contribution is -2.10. The van der Waals surface area contributed by atoms with Gasteiger partial charge in [-0.05, 0) is 37.1 Å². The highest BCUT2D eigenvalue weighted by Crippen LogP contribution is 2.21. The number of rotatable bonds is 2. The van der Waals surface area contributed by atoms with Gasteiger partial charge in [0.2, 0.25) is 0 Å². The zero-order valence-corrected chi connectivity index (χ0v) is 10.00. The topological polar surface area (TPSA) is 30.0 Å². The molecule has 18 heavy (non-hydrogen) atoms. The number of halogens is 2. The van der Waals surface area contributed by atoms with Crippen LogP contribution in [0.5, 0.6) is 0 Å².